The molecule has 0 spiro atoms. The van der Waals surface area contributed by atoms with Crippen molar-refractivity contribution < 1.29 is 9.53 Å². The van der Waals surface area contributed by atoms with E-state index in [0.717, 1.165) is 16.0 Å². The predicted molar refractivity (Wildman–Crippen MR) is 81.2 cm³/mol. The average Bonchev–Trinajstić information content (AvgIpc) is 2.93. The van der Waals surface area contributed by atoms with Crippen molar-refractivity contribution in [1.82, 2.24) is 0 Å². The van der Waals surface area contributed by atoms with E-state index in [1.807, 2.05) is 41.8 Å². The van der Waals surface area contributed by atoms with Gasteiger partial charge in [0.2, 0.25) is 0 Å². The molecule has 0 amide bonds. The number of esters is 1. The number of aliphatic imine (C=N–C) groups is 1. The van der Waals surface area contributed by atoms with Crippen LogP contribution in [0.5, 0.6) is 0 Å². The van der Waals surface area contributed by atoms with Gasteiger partial charge in [0.25, 0.3) is 0 Å². The minimum atomic E-state index is -0.352. The molecule has 0 saturated carbocycles. The Kier molecular flexibility index (Phi) is 5.10. The second kappa shape index (κ2) is 7.27. The van der Waals surface area contributed by atoms with Crippen LogP contribution in [-0.4, -0.2) is 25.8 Å². The first-order valence-electron chi connectivity index (χ1n) is 6.01. The maximum absolute atomic E-state index is 11.0. The number of carbonyl (C=O) groups is 1. The number of methoxy groups -OCH3 is 1. The fraction of sp³-hybridized carbons (Fsp3) is 0.125. The molecule has 2 rings (SSSR count). The fourth-order valence-electron chi connectivity index (χ4n) is 1.45. The van der Waals surface area contributed by atoms with Gasteiger partial charge in [0.05, 0.1) is 12.0 Å². The highest BCUT2D eigenvalue weighted by Crippen LogP contribution is 2.13. The molecule has 1 aromatic carbocycles. The van der Waals surface area contributed by atoms with Crippen LogP contribution in [0, 0.1) is 11.8 Å². The van der Waals surface area contributed by atoms with Crippen LogP contribution in [0.2, 0.25) is 0 Å². The summed E-state index contributed by atoms with van der Waals surface area (Å²) in [5.74, 6) is 5.86. The van der Waals surface area contributed by atoms with Gasteiger partial charge < -0.3 is 4.74 Å². The molecule has 1 heterocycles. The summed E-state index contributed by atoms with van der Waals surface area (Å²) >= 11 is 1.54. The molecule has 0 bridgehead atoms. The van der Waals surface area contributed by atoms with Crippen LogP contribution in [-0.2, 0) is 9.53 Å². The first kappa shape index (κ1) is 14.0. The van der Waals surface area contributed by atoms with Crippen molar-refractivity contribution in [1.29, 1.82) is 0 Å². The summed E-state index contributed by atoms with van der Waals surface area (Å²) in [4.78, 5) is 16.0. The van der Waals surface area contributed by atoms with E-state index in [9.17, 15) is 4.79 Å². The topological polar surface area (TPSA) is 38.7 Å². The minimum absolute atomic E-state index is 0.0277. The zero-order valence-corrected chi connectivity index (χ0v) is 11.8. The van der Waals surface area contributed by atoms with E-state index in [-0.39, 0.29) is 12.5 Å². The van der Waals surface area contributed by atoms with Gasteiger partial charge in [0, 0.05) is 17.3 Å². The third-order valence-electron chi connectivity index (χ3n) is 2.47. The van der Waals surface area contributed by atoms with Gasteiger partial charge in [-0.25, -0.2) is 0 Å². The molecule has 0 aliphatic carbocycles. The third kappa shape index (κ3) is 4.08. The van der Waals surface area contributed by atoms with E-state index in [4.69, 9.17) is 0 Å². The van der Waals surface area contributed by atoms with Crippen molar-refractivity contribution in [2.24, 2.45) is 4.99 Å². The zero-order valence-electron chi connectivity index (χ0n) is 11.0. The van der Waals surface area contributed by atoms with Crippen molar-refractivity contribution in [3.8, 4) is 11.8 Å². The van der Waals surface area contributed by atoms with Crippen molar-refractivity contribution in [2.45, 2.75) is 0 Å². The number of ether oxygens (including phenoxy) is 1. The molecule has 0 aliphatic heterocycles. The molecule has 0 N–H and O–H groups in total. The Morgan fingerprint density at radius 3 is 2.85 bits per heavy atom. The lowest BCUT2D eigenvalue weighted by molar-refractivity contribution is -0.138. The fourth-order valence-corrected chi connectivity index (χ4v) is 2.19. The predicted octanol–water partition coefficient (Wildman–Crippen LogP) is 2.74. The SMILES string of the molecule is COC(=O)CN=Cc1sccc1C#Cc1ccccc1. The first-order valence-corrected chi connectivity index (χ1v) is 6.89. The van der Waals surface area contributed by atoms with E-state index in [2.05, 4.69) is 21.6 Å². The number of benzene rings is 1. The summed E-state index contributed by atoms with van der Waals surface area (Å²) in [6, 6.07) is 11.7. The van der Waals surface area contributed by atoms with E-state index in [0.29, 0.717) is 0 Å². The van der Waals surface area contributed by atoms with Gasteiger partial charge in [-0.15, -0.1) is 11.3 Å². The van der Waals surface area contributed by atoms with E-state index in [1.54, 1.807) is 17.6 Å². The molecule has 0 saturated heterocycles. The van der Waals surface area contributed by atoms with Gasteiger partial charge in [-0.1, -0.05) is 30.0 Å². The molecule has 100 valence electrons. The number of hydrogen-bond acceptors (Lipinski definition) is 4. The number of hydrogen-bond donors (Lipinski definition) is 0. The summed E-state index contributed by atoms with van der Waals surface area (Å²) in [7, 11) is 1.35. The lowest BCUT2D eigenvalue weighted by Gasteiger charge is -1.92. The Labute approximate surface area is 121 Å². The molecule has 20 heavy (non-hydrogen) atoms. The number of thiophene rings is 1. The maximum Gasteiger partial charge on any atom is 0.327 e. The van der Waals surface area contributed by atoms with Gasteiger partial charge in [0.1, 0.15) is 6.54 Å². The van der Waals surface area contributed by atoms with Gasteiger partial charge in [-0.2, -0.15) is 0 Å². The Morgan fingerprint density at radius 2 is 2.10 bits per heavy atom. The lowest BCUT2D eigenvalue weighted by Crippen LogP contribution is -2.04. The highest BCUT2D eigenvalue weighted by molar-refractivity contribution is 7.12. The summed E-state index contributed by atoms with van der Waals surface area (Å²) < 4.78 is 4.53. The van der Waals surface area contributed by atoms with Gasteiger partial charge in [0.15, 0.2) is 0 Å². The molecule has 4 heteroatoms. The molecule has 3 nitrogen and oxygen atoms in total. The summed E-state index contributed by atoms with van der Waals surface area (Å²) in [5, 5.41) is 1.95. The number of nitrogens with zero attached hydrogens (tertiary/aromatic N) is 1. The minimum Gasteiger partial charge on any atom is -0.468 e. The molecule has 0 fully saturated rings. The van der Waals surface area contributed by atoms with E-state index in [1.165, 1.54) is 7.11 Å². The molecule has 1 aromatic heterocycles. The van der Waals surface area contributed by atoms with Gasteiger partial charge in [-0.05, 0) is 23.6 Å². The van der Waals surface area contributed by atoms with E-state index >= 15 is 0 Å². The Balaban J connectivity index is 2.10. The van der Waals surface area contributed by atoms with Crippen molar-refractivity contribution in [3.63, 3.8) is 0 Å². The Hall–Kier alpha value is -2.38. The maximum atomic E-state index is 11.0. The van der Waals surface area contributed by atoms with Crippen LogP contribution in [0.1, 0.15) is 16.0 Å². The highest BCUT2D eigenvalue weighted by atomic mass is 32.1. The van der Waals surface area contributed by atoms with Crippen LogP contribution >= 0.6 is 11.3 Å². The van der Waals surface area contributed by atoms with Crippen LogP contribution in [0.4, 0.5) is 0 Å². The molecule has 0 aliphatic rings. The average molecular weight is 283 g/mol. The third-order valence-corrected chi connectivity index (χ3v) is 3.32. The van der Waals surface area contributed by atoms with Crippen molar-refractivity contribution in [2.75, 3.05) is 13.7 Å². The molecular formula is C16H13NO2S. The lowest BCUT2D eigenvalue weighted by atomic mass is 10.2. The normalized spacial score (nSPS) is 10.1. The molecular weight excluding hydrogens is 270 g/mol. The number of rotatable bonds is 3. The Morgan fingerprint density at radius 1 is 1.30 bits per heavy atom. The molecule has 2 aromatic rings. The second-order valence-electron chi connectivity index (χ2n) is 3.86. The standard InChI is InChI=1S/C16H13NO2S/c1-19-16(18)12-17-11-15-14(9-10-20-15)8-7-13-5-3-2-4-6-13/h2-6,9-11H,12H2,1H3. The number of carbonyl (C=O) groups excluding carboxylic acids is 1. The van der Waals surface area contributed by atoms with Crippen LogP contribution < -0.4 is 0 Å². The quantitative estimate of drug-likeness (QED) is 0.493. The highest BCUT2D eigenvalue weighted by Gasteiger charge is 2.00. The summed E-state index contributed by atoms with van der Waals surface area (Å²) in [5.41, 5.74) is 1.88. The van der Waals surface area contributed by atoms with Crippen molar-refractivity contribution >= 4 is 23.5 Å². The first-order chi connectivity index (χ1) is 9.79. The monoisotopic (exact) mass is 283 g/mol. The summed E-state index contributed by atoms with van der Waals surface area (Å²) in [6.45, 7) is 0.0277. The Bertz CT molecular complexity index is 663. The summed E-state index contributed by atoms with van der Waals surface area (Å²) in [6.07, 6.45) is 1.66. The second-order valence-corrected chi connectivity index (χ2v) is 4.81. The van der Waals surface area contributed by atoms with E-state index < -0.39 is 0 Å². The molecule has 0 atom stereocenters. The van der Waals surface area contributed by atoms with Crippen LogP contribution in [0.15, 0.2) is 46.8 Å². The van der Waals surface area contributed by atoms with Crippen molar-refractivity contribution in [3.05, 3.63) is 57.8 Å². The smallest absolute Gasteiger partial charge is 0.327 e. The molecule has 0 radical (unpaired) electrons. The molecule has 0 unspecified atom stereocenters. The van der Waals surface area contributed by atoms with Gasteiger partial charge >= 0.3 is 5.97 Å². The zero-order chi connectivity index (χ0) is 14.2. The van der Waals surface area contributed by atoms with Crippen LogP contribution in [0.3, 0.4) is 0 Å². The van der Waals surface area contributed by atoms with Crippen LogP contribution in [0.25, 0.3) is 0 Å². The van der Waals surface area contributed by atoms with Gasteiger partial charge in [-0.3, -0.25) is 9.79 Å². The largest absolute Gasteiger partial charge is 0.468 e.